The van der Waals surface area contributed by atoms with Gasteiger partial charge in [0.05, 0.1) is 0 Å². The first-order valence-electron chi connectivity index (χ1n) is 7.27. The lowest BCUT2D eigenvalue weighted by Crippen LogP contribution is -2.13. The normalized spacial score (nSPS) is 10.7. The molecule has 0 atom stereocenters. The first-order valence-corrected chi connectivity index (χ1v) is 7.27. The van der Waals surface area contributed by atoms with Crippen molar-refractivity contribution in [2.75, 3.05) is 5.32 Å². The molecule has 2 aromatic carbocycles. The van der Waals surface area contributed by atoms with Gasteiger partial charge in [0.2, 0.25) is 0 Å². The average molecular weight is 316 g/mol. The molecule has 0 aliphatic heterocycles. The van der Waals surface area contributed by atoms with Gasteiger partial charge in [0, 0.05) is 11.6 Å². The lowest BCUT2D eigenvalue weighted by molar-refractivity contribution is 0.102. The Bertz CT molecular complexity index is 1010. The van der Waals surface area contributed by atoms with E-state index >= 15 is 0 Å². The van der Waals surface area contributed by atoms with E-state index in [4.69, 9.17) is 0 Å². The fourth-order valence-corrected chi connectivity index (χ4v) is 2.39. The van der Waals surface area contributed by atoms with Crippen molar-refractivity contribution >= 4 is 22.5 Å². The monoisotopic (exact) mass is 316 g/mol. The van der Waals surface area contributed by atoms with Crippen LogP contribution >= 0.6 is 0 Å². The highest BCUT2D eigenvalue weighted by Gasteiger charge is 2.09. The Labute approximate surface area is 137 Å². The molecule has 7 heteroatoms. The van der Waals surface area contributed by atoms with Crippen LogP contribution in [0.1, 0.15) is 10.4 Å². The van der Waals surface area contributed by atoms with Crippen LogP contribution in [-0.4, -0.2) is 30.6 Å². The van der Waals surface area contributed by atoms with Crippen molar-refractivity contribution in [3.63, 3.8) is 0 Å². The molecule has 0 aliphatic carbocycles. The van der Waals surface area contributed by atoms with Gasteiger partial charge < -0.3 is 5.32 Å². The summed E-state index contributed by atoms with van der Waals surface area (Å²) < 4.78 is 1.49. The largest absolute Gasteiger partial charge is 0.306 e. The van der Waals surface area contributed by atoms with Gasteiger partial charge in [0.15, 0.2) is 5.82 Å². The number of nitrogens with one attached hydrogen (secondary N) is 1. The van der Waals surface area contributed by atoms with Crippen LogP contribution in [0.2, 0.25) is 0 Å². The average Bonchev–Trinajstić information content (AvgIpc) is 3.16. The van der Waals surface area contributed by atoms with Gasteiger partial charge >= 0.3 is 0 Å². The van der Waals surface area contributed by atoms with E-state index < -0.39 is 0 Å². The molecule has 2 heterocycles. The second-order valence-electron chi connectivity index (χ2n) is 5.12. The number of carbonyl (C=O) groups is 1. The number of hydrogen-bond donors (Lipinski definition) is 1. The van der Waals surface area contributed by atoms with Gasteiger partial charge in [0.25, 0.3) is 5.91 Å². The third-order valence-corrected chi connectivity index (χ3v) is 3.56. The van der Waals surface area contributed by atoms with Crippen molar-refractivity contribution < 1.29 is 4.79 Å². The van der Waals surface area contributed by atoms with E-state index in [0.717, 1.165) is 10.8 Å². The summed E-state index contributed by atoms with van der Waals surface area (Å²) in [4.78, 5) is 24.5. The molecule has 24 heavy (non-hydrogen) atoms. The molecule has 0 fully saturated rings. The first-order chi connectivity index (χ1) is 11.8. The highest BCUT2D eigenvalue weighted by Crippen LogP contribution is 2.17. The Balaban J connectivity index is 1.60. The quantitative estimate of drug-likeness (QED) is 0.627. The Morgan fingerprint density at radius 3 is 2.67 bits per heavy atom. The van der Waals surface area contributed by atoms with E-state index in [1.807, 2.05) is 36.4 Å². The van der Waals surface area contributed by atoms with Crippen LogP contribution in [0.3, 0.4) is 0 Å². The molecule has 2 aromatic heterocycles. The number of nitrogens with zero attached hydrogens (tertiary/aromatic N) is 5. The lowest BCUT2D eigenvalue weighted by atomic mass is 10.1. The number of benzene rings is 2. The second-order valence-corrected chi connectivity index (χ2v) is 5.12. The number of fused-ring (bicyclic) bond motifs is 1. The maximum absolute atomic E-state index is 12.4. The molecule has 0 saturated heterocycles. The Morgan fingerprint density at radius 2 is 1.83 bits per heavy atom. The van der Waals surface area contributed by atoms with Gasteiger partial charge in [-0.05, 0) is 22.9 Å². The topological polar surface area (TPSA) is 85.6 Å². The van der Waals surface area contributed by atoms with Gasteiger partial charge in [-0.15, -0.1) is 0 Å². The first kappa shape index (κ1) is 14.0. The Hall–Kier alpha value is -3.61. The third-order valence-electron chi connectivity index (χ3n) is 3.56. The Morgan fingerprint density at radius 1 is 0.958 bits per heavy atom. The molecule has 0 unspecified atom stereocenters. The maximum atomic E-state index is 12.4. The van der Waals surface area contributed by atoms with Gasteiger partial charge in [-0.2, -0.15) is 5.10 Å². The van der Waals surface area contributed by atoms with Crippen LogP contribution < -0.4 is 5.32 Å². The van der Waals surface area contributed by atoms with Crippen LogP contribution in [0.4, 0.5) is 5.82 Å². The Kier molecular flexibility index (Phi) is 3.43. The fourth-order valence-electron chi connectivity index (χ4n) is 2.39. The maximum Gasteiger partial charge on any atom is 0.256 e. The summed E-state index contributed by atoms with van der Waals surface area (Å²) in [6, 6.07) is 15.1. The lowest BCUT2D eigenvalue weighted by Gasteiger charge is -2.07. The van der Waals surface area contributed by atoms with Gasteiger partial charge in [0.1, 0.15) is 24.8 Å². The van der Waals surface area contributed by atoms with E-state index in [-0.39, 0.29) is 5.91 Å². The standard InChI is InChI=1S/C17H12N6O/c24-17(14-6-5-12-3-1-2-4-13(12)7-14)22-15-8-16(20-10-19-15)23-11-18-9-21-23/h1-11H,(H,19,20,22,24). The molecule has 0 spiro atoms. The van der Waals surface area contributed by atoms with E-state index in [2.05, 4.69) is 25.4 Å². The number of amides is 1. The van der Waals surface area contributed by atoms with Gasteiger partial charge in [-0.25, -0.2) is 19.6 Å². The number of anilines is 1. The molecule has 0 saturated carbocycles. The summed E-state index contributed by atoms with van der Waals surface area (Å²) >= 11 is 0. The summed E-state index contributed by atoms with van der Waals surface area (Å²) in [5, 5.41) is 8.87. The summed E-state index contributed by atoms with van der Waals surface area (Å²) in [5.74, 6) is 0.689. The van der Waals surface area contributed by atoms with Gasteiger partial charge in [-0.1, -0.05) is 30.3 Å². The summed E-state index contributed by atoms with van der Waals surface area (Å²) in [7, 11) is 0. The zero-order chi connectivity index (χ0) is 16.4. The summed E-state index contributed by atoms with van der Waals surface area (Å²) in [6.07, 6.45) is 4.31. The van der Waals surface area contributed by atoms with Crippen LogP contribution in [0.15, 0.2) is 67.5 Å². The zero-order valence-corrected chi connectivity index (χ0v) is 12.5. The molecule has 4 aromatic rings. The number of aromatic nitrogens is 5. The van der Waals surface area contributed by atoms with Crippen molar-refractivity contribution in [1.29, 1.82) is 0 Å². The molecule has 0 aliphatic rings. The molecule has 1 amide bonds. The molecule has 0 radical (unpaired) electrons. The van der Waals surface area contributed by atoms with E-state index in [9.17, 15) is 4.79 Å². The second kappa shape index (κ2) is 5.88. The van der Waals surface area contributed by atoms with E-state index in [1.54, 1.807) is 12.1 Å². The predicted molar refractivity (Wildman–Crippen MR) is 88.9 cm³/mol. The summed E-state index contributed by atoms with van der Waals surface area (Å²) in [6.45, 7) is 0. The molecular formula is C17H12N6O. The molecule has 4 rings (SSSR count). The van der Waals surface area contributed by atoms with Crippen LogP contribution in [0, 0.1) is 0 Å². The molecule has 0 bridgehead atoms. The molecule has 7 nitrogen and oxygen atoms in total. The minimum Gasteiger partial charge on any atom is -0.306 e. The number of carbonyl (C=O) groups excluding carboxylic acids is 1. The molecular weight excluding hydrogens is 304 g/mol. The molecule has 1 N–H and O–H groups in total. The zero-order valence-electron chi connectivity index (χ0n) is 12.5. The SMILES string of the molecule is O=C(Nc1cc(-n2cncn2)ncn1)c1ccc2ccccc2c1. The highest BCUT2D eigenvalue weighted by molar-refractivity contribution is 6.06. The predicted octanol–water partition coefficient (Wildman–Crippen LogP) is 2.46. The van der Waals surface area contributed by atoms with Crippen molar-refractivity contribution in [1.82, 2.24) is 24.7 Å². The smallest absolute Gasteiger partial charge is 0.256 e. The highest BCUT2D eigenvalue weighted by atomic mass is 16.1. The van der Waals surface area contributed by atoms with Crippen LogP contribution in [-0.2, 0) is 0 Å². The molecule has 116 valence electrons. The third kappa shape index (κ3) is 2.70. The van der Waals surface area contributed by atoms with Crippen molar-refractivity contribution in [3.8, 4) is 5.82 Å². The minimum atomic E-state index is -0.232. The summed E-state index contributed by atoms with van der Waals surface area (Å²) in [5.41, 5.74) is 0.564. The van der Waals surface area contributed by atoms with Crippen LogP contribution in [0.5, 0.6) is 0 Å². The number of hydrogen-bond acceptors (Lipinski definition) is 5. The fraction of sp³-hybridized carbons (Fsp3) is 0. The van der Waals surface area contributed by atoms with Crippen molar-refractivity contribution in [3.05, 3.63) is 73.1 Å². The number of rotatable bonds is 3. The van der Waals surface area contributed by atoms with Crippen molar-refractivity contribution in [2.45, 2.75) is 0 Å². The van der Waals surface area contributed by atoms with Crippen molar-refractivity contribution in [2.24, 2.45) is 0 Å². The van der Waals surface area contributed by atoms with Crippen LogP contribution in [0.25, 0.3) is 16.6 Å². The van der Waals surface area contributed by atoms with E-state index in [0.29, 0.717) is 17.2 Å². The van der Waals surface area contributed by atoms with E-state index in [1.165, 1.54) is 23.7 Å². The van der Waals surface area contributed by atoms with Gasteiger partial charge in [-0.3, -0.25) is 4.79 Å². The minimum absolute atomic E-state index is 0.232.